The molecule has 1 aliphatic rings. The van der Waals surface area contributed by atoms with Crippen LogP contribution in [-0.2, 0) is 6.54 Å². The molecule has 4 nitrogen and oxygen atoms in total. The van der Waals surface area contributed by atoms with Crippen LogP contribution in [0.1, 0.15) is 5.56 Å². The molecule has 0 saturated carbocycles. The first-order valence-corrected chi connectivity index (χ1v) is 9.70. The molecular formula is C20H23Cl2FN2O2. The van der Waals surface area contributed by atoms with Crippen LogP contribution in [-0.4, -0.2) is 60.3 Å². The molecule has 0 aliphatic carbocycles. The minimum Gasteiger partial charge on any atom is -0.491 e. The van der Waals surface area contributed by atoms with E-state index in [-0.39, 0.29) is 12.4 Å². The standard InChI is InChI=1S/C20H23Cl2FN2O2/c21-19-5-4-15(10-20(19)22)12-24-6-8-25(9-7-24)13-17(26)14-27-18-3-1-2-16(23)11-18/h1-5,10-11,17,26H,6-9,12-14H2. The average molecular weight is 413 g/mol. The summed E-state index contributed by atoms with van der Waals surface area (Å²) in [5.41, 5.74) is 1.14. The minimum atomic E-state index is -0.616. The number of rotatable bonds is 7. The first kappa shape index (κ1) is 20.4. The van der Waals surface area contributed by atoms with Gasteiger partial charge in [0, 0.05) is 45.3 Å². The van der Waals surface area contributed by atoms with Gasteiger partial charge in [-0.05, 0) is 29.8 Å². The van der Waals surface area contributed by atoms with Gasteiger partial charge in [0.15, 0.2) is 0 Å². The van der Waals surface area contributed by atoms with Gasteiger partial charge < -0.3 is 9.84 Å². The zero-order valence-electron chi connectivity index (χ0n) is 15.0. The quantitative estimate of drug-likeness (QED) is 0.751. The number of halogens is 3. The average Bonchev–Trinajstić information content (AvgIpc) is 2.65. The molecule has 3 rings (SSSR count). The lowest BCUT2D eigenvalue weighted by atomic mass is 10.2. The molecule has 0 amide bonds. The molecule has 146 valence electrons. The van der Waals surface area contributed by atoms with Crippen molar-refractivity contribution in [2.24, 2.45) is 0 Å². The molecule has 27 heavy (non-hydrogen) atoms. The Morgan fingerprint density at radius 3 is 2.44 bits per heavy atom. The number of β-amino-alcohol motifs (C(OH)–C–C–N with tert-alkyl or cyclic N) is 1. The van der Waals surface area contributed by atoms with Gasteiger partial charge in [-0.1, -0.05) is 35.3 Å². The molecule has 1 aliphatic heterocycles. The lowest BCUT2D eigenvalue weighted by molar-refractivity contribution is 0.0445. The summed E-state index contributed by atoms with van der Waals surface area (Å²) in [4.78, 5) is 4.57. The summed E-state index contributed by atoms with van der Waals surface area (Å²) < 4.78 is 18.6. The Morgan fingerprint density at radius 2 is 1.74 bits per heavy atom. The maximum atomic E-state index is 13.1. The van der Waals surface area contributed by atoms with E-state index >= 15 is 0 Å². The Morgan fingerprint density at radius 1 is 1.00 bits per heavy atom. The van der Waals surface area contributed by atoms with Crippen molar-refractivity contribution in [2.45, 2.75) is 12.6 Å². The fourth-order valence-electron chi connectivity index (χ4n) is 3.13. The molecule has 0 radical (unpaired) electrons. The Bertz CT molecular complexity index is 755. The second kappa shape index (κ2) is 9.71. The van der Waals surface area contributed by atoms with Gasteiger partial charge in [0.1, 0.15) is 24.3 Å². The summed E-state index contributed by atoms with van der Waals surface area (Å²) >= 11 is 12.0. The first-order chi connectivity index (χ1) is 13.0. The van der Waals surface area contributed by atoms with E-state index in [0.29, 0.717) is 22.3 Å². The van der Waals surface area contributed by atoms with Gasteiger partial charge in [-0.25, -0.2) is 4.39 Å². The summed E-state index contributed by atoms with van der Waals surface area (Å²) in [5.74, 6) is 0.0839. The van der Waals surface area contributed by atoms with Crippen molar-refractivity contribution in [1.82, 2.24) is 9.80 Å². The van der Waals surface area contributed by atoms with Gasteiger partial charge in [-0.3, -0.25) is 9.80 Å². The molecule has 2 aromatic rings. The van der Waals surface area contributed by atoms with E-state index in [0.717, 1.165) is 38.3 Å². The van der Waals surface area contributed by atoms with Crippen molar-refractivity contribution in [3.8, 4) is 5.75 Å². The molecule has 1 saturated heterocycles. The van der Waals surface area contributed by atoms with Gasteiger partial charge in [-0.2, -0.15) is 0 Å². The molecule has 1 atom stereocenters. The Hall–Kier alpha value is -1.37. The molecule has 1 heterocycles. The maximum Gasteiger partial charge on any atom is 0.126 e. The van der Waals surface area contributed by atoms with Crippen LogP contribution in [0.3, 0.4) is 0 Å². The zero-order chi connectivity index (χ0) is 19.2. The number of piperazine rings is 1. The third-order valence-electron chi connectivity index (χ3n) is 4.56. The van der Waals surface area contributed by atoms with Crippen LogP contribution < -0.4 is 4.74 Å². The molecule has 2 aromatic carbocycles. The van der Waals surface area contributed by atoms with Crippen LogP contribution in [0.4, 0.5) is 4.39 Å². The predicted octanol–water partition coefficient (Wildman–Crippen LogP) is 3.69. The highest BCUT2D eigenvalue weighted by Crippen LogP contribution is 2.23. The van der Waals surface area contributed by atoms with Crippen molar-refractivity contribution in [1.29, 1.82) is 0 Å². The van der Waals surface area contributed by atoms with E-state index in [9.17, 15) is 9.50 Å². The highest BCUT2D eigenvalue weighted by molar-refractivity contribution is 6.42. The third kappa shape index (κ3) is 6.33. The van der Waals surface area contributed by atoms with Crippen LogP contribution in [0, 0.1) is 5.82 Å². The van der Waals surface area contributed by atoms with Crippen LogP contribution >= 0.6 is 23.2 Å². The summed E-state index contributed by atoms with van der Waals surface area (Å²) in [6.45, 7) is 5.09. The van der Waals surface area contributed by atoms with Crippen LogP contribution in [0.5, 0.6) is 5.75 Å². The van der Waals surface area contributed by atoms with Crippen molar-refractivity contribution in [3.63, 3.8) is 0 Å². The van der Waals surface area contributed by atoms with Crippen molar-refractivity contribution < 1.29 is 14.2 Å². The molecular weight excluding hydrogens is 390 g/mol. The second-order valence-corrected chi connectivity index (χ2v) is 7.56. The lowest BCUT2D eigenvalue weighted by Crippen LogP contribution is -2.48. The summed E-state index contributed by atoms with van der Waals surface area (Å²) in [7, 11) is 0. The predicted molar refractivity (Wildman–Crippen MR) is 106 cm³/mol. The molecule has 0 spiro atoms. The van der Waals surface area contributed by atoms with E-state index in [4.69, 9.17) is 27.9 Å². The normalized spacial score (nSPS) is 17.0. The van der Waals surface area contributed by atoms with Gasteiger partial charge in [-0.15, -0.1) is 0 Å². The highest BCUT2D eigenvalue weighted by atomic mass is 35.5. The van der Waals surface area contributed by atoms with Gasteiger partial charge in [0.05, 0.1) is 10.0 Å². The van der Waals surface area contributed by atoms with Crippen LogP contribution in [0.2, 0.25) is 10.0 Å². The van der Waals surface area contributed by atoms with Crippen molar-refractivity contribution in [3.05, 3.63) is 63.9 Å². The number of hydrogen-bond acceptors (Lipinski definition) is 4. The SMILES string of the molecule is OC(COc1cccc(F)c1)CN1CCN(Cc2ccc(Cl)c(Cl)c2)CC1. The molecule has 1 fully saturated rings. The van der Waals surface area contributed by atoms with Crippen LogP contribution in [0.25, 0.3) is 0 Å². The van der Waals surface area contributed by atoms with Gasteiger partial charge in [0.25, 0.3) is 0 Å². The lowest BCUT2D eigenvalue weighted by Gasteiger charge is -2.35. The van der Waals surface area contributed by atoms with E-state index in [2.05, 4.69) is 9.80 Å². The smallest absolute Gasteiger partial charge is 0.126 e. The largest absolute Gasteiger partial charge is 0.491 e. The van der Waals surface area contributed by atoms with E-state index in [1.54, 1.807) is 12.1 Å². The highest BCUT2D eigenvalue weighted by Gasteiger charge is 2.20. The summed E-state index contributed by atoms with van der Waals surface area (Å²) in [6, 6.07) is 11.7. The van der Waals surface area contributed by atoms with Crippen LogP contribution in [0.15, 0.2) is 42.5 Å². The monoisotopic (exact) mass is 412 g/mol. The van der Waals surface area contributed by atoms with E-state index in [1.165, 1.54) is 12.1 Å². The number of nitrogens with zero attached hydrogens (tertiary/aromatic N) is 2. The Labute approximate surface area is 169 Å². The number of aliphatic hydroxyl groups excluding tert-OH is 1. The molecule has 0 aromatic heterocycles. The maximum absolute atomic E-state index is 13.1. The molecule has 1 N–H and O–H groups in total. The summed E-state index contributed by atoms with van der Waals surface area (Å²) in [6.07, 6.45) is -0.616. The molecule has 1 unspecified atom stereocenters. The minimum absolute atomic E-state index is 0.146. The van der Waals surface area contributed by atoms with Crippen molar-refractivity contribution >= 4 is 23.2 Å². The van der Waals surface area contributed by atoms with Gasteiger partial charge in [0.2, 0.25) is 0 Å². The third-order valence-corrected chi connectivity index (χ3v) is 5.30. The van der Waals surface area contributed by atoms with E-state index in [1.807, 2.05) is 18.2 Å². The zero-order valence-corrected chi connectivity index (χ0v) is 16.5. The number of ether oxygens (including phenoxy) is 1. The topological polar surface area (TPSA) is 35.9 Å². The Balaban J connectivity index is 1.39. The Kier molecular flexibility index (Phi) is 7.33. The number of aliphatic hydroxyl groups is 1. The number of hydrogen-bond donors (Lipinski definition) is 1. The fraction of sp³-hybridized carbons (Fsp3) is 0.400. The summed E-state index contributed by atoms with van der Waals surface area (Å²) in [5, 5.41) is 11.3. The fourth-order valence-corrected chi connectivity index (χ4v) is 3.45. The van der Waals surface area contributed by atoms with Crippen molar-refractivity contribution in [2.75, 3.05) is 39.3 Å². The van der Waals surface area contributed by atoms with E-state index < -0.39 is 6.10 Å². The molecule has 0 bridgehead atoms. The van der Waals surface area contributed by atoms with Gasteiger partial charge >= 0.3 is 0 Å². The molecule has 7 heteroatoms. The first-order valence-electron chi connectivity index (χ1n) is 8.94. The second-order valence-electron chi connectivity index (χ2n) is 6.75. The number of benzene rings is 2.